The first-order valence-corrected chi connectivity index (χ1v) is 7.41. The number of pyridine rings is 1. The summed E-state index contributed by atoms with van der Waals surface area (Å²) < 4.78 is 2.22. The zero-order valence-corrected chi connectivity index (χ0v) is 12.6. The molecule has 0 saturated heterocycles. The molecule has 0 bridgehead atoms. The molecule has 2 heterocycles. The van der Waals surface area contributed by atoms with Crippen molar-refractivity contribution in [1.29, 1.82) is 0 Å². The number of benzene rings is 1. The minimum absolute atomic E-state index is 0.175. The number of aliphatic hydroxyl groups is 1. The summed E-state index contributed by atoms with van der Waals surface area (Å²) in [5, 5.41) is 11.0. The zero-order valence-electron chi connectivity index (χ0n) is 11.9. The standard InChI is InChI=1S/C17H17ClN2O/c1-12-14-11-13(18)6-7-16(14)20(9-4-10-21)17(12)15-5-2-3-8-19-15/h2-3,5-8,11,21H,4,9-10H2,1H3. The molecule has 4 heteroatoms. The van der Waals surface area contributed by atoms with E-state index in [0.717, 1.165) is 33.9 Å². The highest BCUT2D eigenvalue weighted by molar-refractivity contribution is 6.31. The topological polar surface area (TPSA) is 38.0 Å². The van der Waals surface area contributed by atoms with Crippen LogP contribution in [-0.2, 0) is 6.54 Å². The Morgan fingerprint density at radius 1 is 1.24 bits per heavy atom. The molecule has 3 nitrogen and oxygen atoms in total. The van der Waals surface area contributed by atoms with Gasteiger partial charge in [0.25, 0.3) is 0 Å². The van der Waals surface area contributed by atoms with Gasteiger partial charge in [-0.2, -0.15) is 0 Å². The van der Waals surface area contributed by atoms with Gasteiger partial charge in [0.05, 0.1) is 11.4 Å². The van der Waals surface area contributed by atoms with Crippen LogP contribution in [0.3, 0.4) is 0 Å². The molecule has 2 aromatic heterocycles. The fourth-order valence-corrected chi connectivity index (χ4v) is 2.96. The average Bonchev–Trinajstić information content (AvgIpc) is 2.78. The van der Waals surface area contributed by atoms with Crippen molar-refractivity contribution in [3.05, 3.63) is 53.2 Å². The van der Waals surface area contributed by atoms with Crippen LogP contribution in [0.2, 0.25) is 5.02 Å². The van der Waals surface area contributed by atoms with Crippen molar-refractivity contribution in [2.24, 2.45) is 0 Å². The number of halogens is 1. The molecule has 0 atom stereocenters. The number of nitrogens with zero attached hydrogens (tertiary/aromatic N) is 2. The normalized spacial score (nSPS) is 11.2. The Hall–Kier alpha value is -1.84. The van der Waals surface area contributed by atoms with E-state index in [2.05, 4.69) is 16.5 Å². The minimum atomic E-state index is 0.175. The highest BCUT2D eigenvalue weighted by Gasteiger charge is 2.16. The lowest BCUT2D eigenvalue weighted by Crippen LogP contribution is -2.03. The minimum Gasteiger partial charge on any atom is -0.396 e. The molecule has 3 aromatic rings. The number of hydrogen-bond donors (Lipinski definition) is 1. The summed E-state index contributed by atoms with van der Waals surface area (Å²) in [5.41, 5.74) is 4.34. The second-order valence-electron chi connectivity index (χ2n) is 5.08. The van der Waals surface area contributed by atoms with E-state index in [4.69, 9.17) is 16.7 Å². The molecule has 0 aliphatic carbocycles. The van der Waals surface area contributed by atoms with E-state index >= 15 is 0 Å². The lowest BCUT2D eigenvalue weighted by atomic mass is 10.1. The summed E-state index contributed by atoms with van der Waals surface area (Å²) in [7, 11) is 0. The van der Waals surface area contributed by atoms with Crippen molar-refractivity contribution in [2.45, 2.75) is 19.9 Å². The first-order valence-electron chi connectivity index (χ1n) is 7.03. The van der Waals surface area contributed by atoms with E-state index in [-0.39, 0.29) is 6.61 Å². The second kappa shape index (κ2) is 5.88. The third kappa shape index (κ3) is 2.55. The second-order valence-corrected chi connectivity index (χ2v) is 5.52. The Morgan fingerprint density at radius 3 is 2.81 bits per heavy atom. The number of aromatic nitrogens is 2. The van der Waals surface area contributed by atoms with Crippen LogP contribution >= 0.6 is 11.6 Å². The third-order valence-corrected chi connectivity index (χ3v) is 3.96. The number of rotatable bonds is 4. The highest BCUT2D eigenvalue weighted by Crippen LogP contribution is 2.33. The Morgan fingerprint density at radius 2 is 2.10 bits per heavy atom. The van der Waals surface area contributed by atoms with Crippen molar-refractivity contribution in [2.75, 3.05) is 6.61 Å². The van der Waals surface area contributed by atoms with Gasteiger partial charge in [-0.05, 0) is 49.2 Å². The summed E-state index contributed by atoms with van der Waals surface area (Å²) >= 11 is 6.14. The molecule has 0 unspecified atom stereocenters. The molecule has 0 aliphatic heterocycles. The van der Waals surface area contributed by atoms with E-state index < -0.39 is 0 Å². The van der Waals surface area contributed by atoms with Gasteiger partial charge in [0.15, 0.2) is 0 Å². The van der Waals surface area contributed by atoms with Gasteiger partial charge in [0, 0.05) is 35.3 Å². The molecule has 0 fully saturated rings. The summed E-state index contributed by atoms with van der Waals surface area (Å²) in [5.74, 6) is 0. The fraction of sp³-hybridized carbons (Fsp3) is 0.235. The van der Waals surface area contributed by atoms with E-state index in [9.17, 15) is 0 Å². The van der Waals surface area contributed by atoms with Gasteiger partial charge in [-0.1, -0.05) is 17.7 Å². The zero-order chi connectivity index (χ0) is 14.8. The molecule has 0 saturated carbocycles. The van der Waals surface area contributed by atoms with Gasteiger partial charge in [-0.3, -0.25) is 4.98 Å². The molecule has 0 radical (unpaired) electrons. The van der Waals surface area contributed by atoms with Gasteiger partial charge >= 0.3 is 0 Å². The molecule has 1 aromatic carbocycles. The van der Waals surface area contributed by atoms with Gasteiger partial charge in [0.1, 0.15) is 0 Å². The van der Waals surface area contributed by atoms with Crippen LogP contribution < -0.4 is 0 Å². The number of aliphatic hydroxyl groups excluding tert-OH is 1. The predicted molar refractivity (Wildman–Crippen MR) is 86.6 cm³/mol. The largest absolute Gasteiger partial charge is 0.396 e. The molecule has 108 valence electrons. The van der Waals surface area contributed by atoms with Crippen molar-refractivity contribution in [3.63, 3.8) is 0 Å². The molecule has 0 amide bonds. The number of fused-ring (bicyclic) bond motifs is 1. The molecule has 0 spiro atoms. The maximum Gasteiger partial charge on any atom is 0.0869 e. The van der Waals surface area contributed by atoms with E-state index in [1.807, 2.05) is 36.4 Å². The summed E-state index contributed by atoms with van der Waals surface area (Å²) in [4.78, 5) is 4.48. The smallest absolute Gasteiger partial charge is 0.0869 e. The van der Waals surface area contributed by atoms with E-state index in [0.29, 0.717) is 6.42 Å². The number of aryl methyl sites for hydroxylation is 2. The molecule has 3 rings (SSSR count). The fourth-order valence-electron chi connectivity index (χ4n) is 2.79. The SMILES string of the molecule is Cc1c(-c2ccccn2)n(CCCO)c2ccc(Cl)cc12. The first kappa shape index (κ1) is 14.1. The molecule has 0 aliphatic rings. The predicted octanol–water partition coefficient (Wildman–Crippen LogP) is 4.05. The van der Waals surface area contributed by atoms with Crippen molar-refractivity contribution in [3.8, 4) is 11.4 Å². The Balaban J connectivity index is 2.28. The van der Waals surface area contributed by atoms with Crippen LogP contribution in [0.5, 0.6) is 0 Å². The summed E-state index contributed by atoms with van der Waals surface area (Å²) in [6, 6.07) is 11.8. The van der Waals surface area contributed by atoms with Crippen molar-refractivity contribution >= 4 is 22.5 Å². The lowest BCUT2D eigenvalue weighted by Gasteiger charge is -2.10. The van der Waals surface area contributed by atoms with E-state index in [1.165, 1.54) is 5.56 Å². The van der Waals surface area contributed by atoms with Crippen LogP contribution in [0.15, 0.2) is 42.6 Å². The Kier molecular flexibility index (Phi) is 3.95. The van der Waals surface area contributed by atoms with E-state index in [1.54, 1.807) is 6.20 Å². The van der Waals surface area contributed by atoms with Gasteiger partial charge in [-0.15, -0.1) is 0 Å². The van der Waals surface area contributed by atoms with Crippen LogP contribution in [0.4, 0.5) is 0 Å². The maximum atomic E-state index is 9.16. The summed E-state index contributed by atoms with van der Waals surface area (Å²) in [6.07, 6.45) is 2.52. The quantitative estimate of drug-likeness (QED) is 0.789. The molecular formula is C17H17ClN2O. The molecule has 21 heavy (non-hydrogen) atoms. The Labute approximate surface area is 128 Å². The number of hydrogen-bond acceptors (Lipinski definition) is 2. The Bertz CT molecular complexity index is 765. The average molecular weight is 301 g/mol. The lowest BCUT2D eigenvalue weighted by molar-refractivity contribution is 0.281. The van der Waals surface area contributed by atoms with Crippen molar-refractivity contribution < 1.29 is 5.11 Å². The van der Waals surface area contributed by atoms with Gasteiger partial charge in [0.2, 0.25) is 0 Å². The van der Waals surface area contributed by atoms with Crippen LogP contribution in [0, 0.1) is 6.92 Å². The van der Waals surface area contributed by atoms with Gasteiger partial charge in [-0.25, -0.2) is 0 Å². The highest BCUT2D eigenvalue weighted by atomic mass is 35.5. The third-order valence-electron chi connectivity index (χ3n) is 3.73. The van der Waals surface area contributed by atoms with Gasteiger partial charge < -0.3 is 9.67 Å². The first-order chi connectivity index (χ1) is 10.2. The summed E-state index contributed by atoms with van der Waals surface area (Å²) in [6.45, 7) is 3.03. The molecule has 1 N–H and O–H groups in total. The van der Waals surface area contributed by atoms with Crippen molar-refractivity contribution in [1.82, 2.24) is 9.55 Å². The van der Waals surface area contributed by atoms with Crippen LogP contribution in [-0.4, -0.2) is 21.3 Å². The monoisotopic (exact) mass is 300 g/mol. The van der Waals surface area contributed by atoms with Crippen LogP contribution in [0.25, 0.3) is 22.3 Å². The maximum absolute atomic E-state index is 9.16. The van der Waals surface area contributed by atoms with Crippen LogP contribution in [0.1, 0.15) is 12.0 Å². The molecular weight excluding hydrogens is 284 g/mol.